The lowest BCUT2D eigenvalue weighted by atomic mass is 9.96. The number of halogens is 1. The second kappa shape index (κ2) is 9.45. The average molecular weight is 495 g/mol. The smallest absolute Gasteiger partial charge is 0.295 e. The molecular formula is C26H27ClN4O4. The third kappa shape index (κ3) is 4.22. The minimum Gasteiger partial charge on any atom is -0.505 e. The highest BCUT2D eigenvalue weighted by Crippen LogP contribution is 2.40. The second-order valence-electron chi connectivity index (χ2n) is 8.93. The SMILES string of the molecule is Cc1cccn2c(C)c(/C(O)=C3\C(=O)C(=O)N(CCN4CCOCC4)C3c3cccc(Cl)c3)nc12. The van der Waals surface area contributed by atoms with E-state index < -0.39 is 17.7 Å². The van der Waals surface area contributed by atoms with Crippen LogP contribution in [0.15, 0.2) is 48.2 Å². The molecule has 2 aromatic heterocycles. The van der Waals surface area contributed by atoms with Crippen LogP contribution in [0.1, 0.15) is 28.6 Å². The molecule has 2 saturated heterocycles. The maximum atomic E-state index is 13.3. The summed E-state index contributed by atoms with van der Waals surface area (Å²) in [5, 5.41) is 11.9. The molecule has 0 bridgehead atoms. The zero-order valence-electron chi connectivity index (χ0n) is 19.7. The van der Waals surface area contributed by atoms with Gasteiger partial charge in [-0.15, -0.1) is 0 Å². The molecule has 0 saturated carbocycles. The van der Waals surface area contributed by atoms with Crippen LogP contribution >= 0.6 is 11.6 Å². The number of carbonyl (C=O) groups excluding carboxylic acids is 2. The zero-order chi connectivity index (χ0) is 24.7. The Balaban J connectivity index is 1.61. The fourth-order valence-corrected chi connectivity index (χ4v) is 5.08. The number of ether oxygens (including phenoxy) is 1. The van der Waals surface area contributed by atoms with Crippen LogP contribution in [0.4, 0.5) is 0 Å². The molecule has 1 amide bonds. The monoisotopic (exact) mass is 494 g/mol. The maximum absolute atomic E-state index is 13.3. The third-order valence-corrected chi connectivity index (χ3v) is 7.01. The first-order chi connectivity index (χ1) is 16.9. The third-order valence-electron chi connectivity index (χ3n) is 6.77. The number of hydrogen-bond donors (Lipinski definition) is 1. The summed E-state index contributed by atoms with van der Waals surface area (Å²) in [6, 6.07) is 10.1. The maximum Gasteiger partial charge on any atom is 0.295 e. The molecule has 4 heterocycles. The molecule has 1 N–H and O–H groups in total. The molecule has 2 aliphatic rings. The molecule has 35 heavy (non-hydrogen) atoms. The molecule has 0 radical (unpaired) electrons. The standard InChI is InChI=1S/C26H27ClN4O4/c1-16-5-4-8-30-17(2)21(28-25(16)30)23(32)20-22(18-6-3-7-19(27)15-18)31(26(34)24(20)33)10-9-29-11-13-35-14-12-29/h3-8,15,22,32H,9-14H2,1-2H3/b23-20+. The van der Waals surface area contributed by atoms with Crippen molar-refractivity contribution in [2.75, 3.05) is 39.4 Å². The molecular weight excluding hydrogens is 468 g/mol. The number of carbonyl (C=O) groups is 2. The zero-order valence-corrected chi connectivity index (χ0v) is 20.5. The highest BCUT2D eigenvalue weighted by molar-refractivity contribution is 6.46. The van der Waals surface area contributed by atoms with Crippen LogP contribution in [0.2, 0.25) is 5.02 Å². The van der Waals surface area contributed by atoms with E-state index in [-0.39, 0.29) is 17.0 Å². The summed E-state index contributed by atoms with van der Waals surface area (Å²) < 4.78 is 7.28. The van der Waals surface area contributed by atoms with Crippen molar-refractivity contribution in [3.05, 3.63) is 75.7 Å². The second-order valence-corrected chi connectivity index (χ2v) is 9.37. The highest BCUT2D eigenvalue weighted by Gasteiger charge is 2.46. The van der Waals surface area contributed by atoms with Crippen LogP contribution in [-0.2, 0) is 14.3 Å². The quantitative estimate of drug-likeness (QED) is 0.332. The number of aliphatic hydroxyl groups is 1. The molecule has 2 aliphatic heterocycles. The van der Waals surface area contributed by atoms with E-state index in [0.29, 0.717) is 48.2 Å². The van der Waals surface area contributed by atoms with Crippen LogP contribution in [0.3, 0.4) is 0 Å². The summed E-state index contributed by atoms with van der Waals surface area (Å²) in [6.07, 6.45) is 1.86. The van der Waals surface area contributed by atoms with E-state index in [0.717, 1.165) is 18.7 Å². The predicted molar refractivity (Wildman–Crippen MR) is 132 cm³/mol. The summed E-state index contributed by atoms with van der Waals surface area (Å²) in [4.78, 5) is 34.9. The van der Waals surface area contributed by atoms with Gasteiger partial charge in [0.15, 0.2) is 5.76 Å². The Morgan fingerprint density at radius 2 is 1.91 bits per heavy atom. The number of imidazole rings is 1. The molecule has 182 valence electrons. The van der Waals surface area contributed by atoms with Crippen molar-refractivity contribution in [1.82, 2.24) is 19.2 Å². The Hall–Kier alpha value is -3.20. The van der Waals surface area contributed by atoms with Crippen molar-refractivity contribution in [3.8, 4) is 0 Å². The Labute approximate surface area is 208 Å². The average Bonchev–Trinajstić information content (AvgIpc) is 3.33. The highest BCUT2D eigenvalue weighted by atomic mass is 35.5. The predicted octanol–water partition coefficient (Wildman–Crippen LogP) is 3.36. The number of nitrogens with zero attached hydrogens (tertiary/aromatic N) is 4. The van der Waals surface area contributed by atoms with Crippen molar-refractivity contribution in [1.29, 1.82) is 0 Å². The normalized spacial score (nSPS) is 20.8. The summed E-state index contributed by atoms with van der Waals surface area (Å²) in [5.41, 5.74) is 3.30. The summed E-state index contributed by atoms with van der Waals surface area (Å²) in [5.74, 6) is -1.63. The molecule has 1 atom stereocenters. The van der Waals surface area contributed by atoms with Gasteiger partial charge in [0.05, 0.1) is 30.5 Å². The van der Waals surface area contributed by atoms with Gasteiger partial charge in [0.1, 0.15) is 11.3 Å². The lowest BCUT2D eigenvalue weighted by Crippen LogP contribution is -2.42. The molecule has 3 aromatic rings. The van der Waals surface area contributed by atoms with Crippen molar-refractivity contribution >= 4 is 34.7 Å². The fraction of sp³-hybridized carbons (Fsp3) is 0.346. The van der Waals surface area contributed by atoms with E-state index in [1.54, 1.807) is 18.2 Å². The molecule has 1 aromatic carbocycles. The van der Waals surface area contributed by atoms with E-state index in [9.17, 15) is 14.7 Å². The van der Waals surface area contributed by atoms with Crippen molar-refractivity contribution in [3.63, 3.8) is 0 Å². The molecule has 2 fully saturated rings. The van der Waals surface area contributed by atoms with Gasteiger partial charge in [-0.25, -0.2) is 4.98 Å². The topological polar surface area (TPSA) is 87.4 Å². The number of hydrogen-bond acceptors (Lipinski definition) is 6. The molecule has 0 spiro atoms. The van der Waals surface area contributed by atoms with E-state index in [1.807, 2.05) is 42.6 Å². The first-order valence-corrected chi connectivity index (χ1v) is 12.0. The van der Waals surface area contributed by atoms with E-state index in [4.69, 9.17) is 16.3 Å². The van der Waals surface area contributed by atoms with Gasteiger partial charge < -0.3 is 19.1 Å². The number of amides is 1. The summed E-state index contributed by atoms with van der Waals surface area (Å²) >= 11 is 6.28. The molecule has 5 rings (SSSR count). The Morgan fingerprint density at radius 1 is 1.14 bits per heavy atom. The number of fused-ring (bicyclic) bond motifs is 1. The van der Waals surface area contributed by atoms with Gasteiger partial charge in [-0.1, -0.05) is 29.8 Å². The number of benzene rings is 1. The van der Waals surface area contributed by atoms with Gasteiger partial charge >= 0.3 is 0 Å². The molecule has 8 nitrogen and oxygen atoms in total. The van der Waals surface area contributed by atoms with Gasteiger partial charge in [0, 0.05) is 37.4 Å². The lowest BCUT2D eigenvalue weighted by Gasteiger charge is -2.31. The van der Waals surface area contributed by atoms with Gasteiger partial charge in [-0.3, -0.25) is 14.5 Å². The lowest BCUT2D eigenvalue weighted by molar-refractivity contribution is -0.140. The Kier molecular flexibility index (Phi) is 6.35. The van der Waals surface area contributed by atoms with Crippen LogP contribution in [0.5, 0.6) is 0 Å². The van der Waals surface area contributed by atoms with Gasteiger partial charge in [0.2, 0.25) is 0 Å². The van der Waals surface area contributed by atoms with Crippen molar-refractivity contribution in [2.24, 2.45) is 0 Å². The Morgan fingerprint density at radius 3 is 2.63 bits per heavy atom. The number of ketones is 1. The number of Topliss-reactive ketones (excluding diaryl/α,β-unsaturated/α-hetero) is 1. The van der Waals surface area contributed by atoms with Gasteiger partial charge in [-0.2, -0.15) is 0 Å². The number of aryl methyl sites for hydroxylation is 2. The Bertz CT molecular complexity index is 1340. The van der Waals surface area contributed by atoms with Crippen molar-refractivity contribution < 1.29 is 19.4 Å². The van der Waals surface area contributed by atoms with Crippen molar-refractivity contribution in [2.45, 2.75) is 19.9 Å². The number of likely N-dealkylation sites (tertiary alicyclic amines) is 1. The minimum absolute atomic E-state index is 0.0309. The summed E-state index contributed by atoms with van der Waals surface area (Å²) in [6.45, 7) is 7.52. The first-order valence-electron chi connectivity index (χ1n) is 11.7. The molecule has 1 unspecified atom stereocenters. The fourth-order valence-electron chi connectivity index (χ4n) is 4.88. The number of rotatable bonds is 5. The molecule has 9 heteroatoms. The first kappa shape index (κ1) is 23.5. The van der Waals surface area contributed by atoms with Gasteiger partial charge in [0.25, 0.3) is 11.7 Å². The minimum atomic E-state index is -0.764. The summed E-state index contributed by atoms with van der Waals surface area (Å²) in [7, 11) is 0. The van der Waals surface area contributed by atoms with Crippen LogP contribution < -0.4 is 0 Å². The van der Waals surface area contributed by atoms with E-state index in [2.05, 4.69) is 9.88 Å². The number of aliphatic hydroxyl groups excluding tert-OH is 1. The molecule has 0 aliphatic carbocycles. The number of morpholine rings is 1. The van der Waals surface area contributed by atoms with Crippen LogP contribution in [0, 0.1) is 13.8 Å². The van der Waals surface area contributed by atoms with E-state index >= 15 is 0 Å². The number of pyridine rings is 1. The van der Waals surface area contributed by atoms with Crippen LogP contribution in [0.25, 0.3) is 11.4 Å². The van der Waals surface area contributed by atoms with Crippen LogP contribution in [-0.4, -0.2) is 75.4 Å². The van der Waals surface area contributed by atoms with E-state index in [1.165, 1.54) is 4.90 Å². The van der Waals surface area contributed by atoms with Gasteiger partial charge in [-0.05, 0) is 43.2 Å². The largest absolute Gasteiger partial charge is 0.505 e. The number of aromatic nitrogens is 2.